The van der Waals surface area contributed by atoms with Gasteiger partial charge in [0.05, 0.1) is 6.10 Å². The van der Waals surface area contributed by atoms with Crippen LogP contribution in [0.1, 0.15) is 46.6 Å². The van der Waals surface area contributed by atoms with E-state index in [0.29, 0.717) is 0 Å². The zero-order chi connectivity index (χ0) is 23.9. The fourth-order valence-corrected chi connectivity index (χ4v) is 9.25. The Balaban J connectivity index is 2.10. The molecule has 1 nitrogen and oxygen atoms in total. The molecule has 3 aromatic rings. The molecule has 172 valence electrons. The van der Waals surface area contributed by atoms with Crippen molar-refractivity contribution in [2.45, 2.75) is 58.6 Å². The molecule has 0 fully saturated rings. The van der Waals surface area contributed by atoms with Crippen molar-refractivity contribution in [3.63, 3.8) is 0 Å². The molecular formula is C31H38OSi. The molecule has 0 aliphatic heterocycles. The second kappa shape index (κ2) is 11.0. The second-order valence-corrected chi connectivity index (χ2v) is 14.3. The first-order chi connectivity index (χ1) is 15.7. The summed E-state index contributed by atoms with van der Waals surface area (Å²) in [5, 5.41) is 2.57. The standard InChI is InChI=1S/C31H38OSi/c1-25(2)24-30(26(3)22-23-27-16-10-7-11-17-27)32-33(31(4,5)6,28-18-12-8-13-19-28)29-20-14-9-15-21-29/h7-22,30H,1,23-24H2,2-6H3/b26-22+. The Morgan fingerprint density at radius 1 is 0.818 bits per heavy atom. The van der Waals surface area contributed by atoms with Gasteiger partial charge in [0.2, 0.25) is 0 Å². The SMILES string of the molecule is C=C(C)CC(O[Si](c1ccccc1)(c1ccccc1)C(C)(C)C)/C(C)=C/Cc1ccccc1. The van der Waals surface area contributed by atoms with E-state index in [4.69, 9.17) is 4.43 Å². The van der Waals surface area contributed by atoms with Crippen LogP contribution in [0.3, 0.4) is 0 Å². The summed E-state index contributed by atoms with van der Waals surface area (Å²) in [7, 11) is -2.63. The molecule has 0 N–H and O–H groups in total. The lowest BCUT2D eigenvalue weighted by Gasteiger charge is -2.45. The Morgan fingerprint density at radius 2 is 1.27 bits per heavy atom. The lowest BCUT2D eigenvalue weighted by atomic mass is 10.0. The average Bonchev–Trinajstić information content (AvgIpc) is 2.81. The van der Waals surface area contributed by atoms with Crippen molar-refractivity contribution in [3.05, 3.63) is 120 Å². The largest absolute Gasteiger partial charge is 0.400 e. The Hall–Kier alpha value is -2.68. The van der Waals surface area contributed by atoms with E-state index in [9.17, 15) is 0 Å². The van der Waals surface area contributed by atoms with Gasteiger partial charge in [0, 0.05) is 0 Å². The quantitative estimate of drug-likeness (QED) is 0.248. The van der Waals surface area contributed by atoms with Crippen molar-refractivity contribution in [3.8, 4) is 0 Å². The van der Waals surface area contributed by atoms with Gasteiger partial charge in [-0.25, -0.2) is 0 Å². The van der Waals surface area contributed by atoms with Crippen LogP contribution in [0.2, 0.25) is 5.04 Å². The summed E-state index contributed by atoms with van der Waals surface area (Å²) < 4.78 is 7.45. The van der Waals surface area contributed by atoms with E-state index in [-0.39, 0.29) is 11.1 Å². The monoisotopic (exact) mass is 454 g/mol. The Labute approximate surface area is 202 Å². The van der Waals surface area contributed by atoms with Crippen molar-refractivity contribution in [2.75, 3.05) is 0 Å². The molecule has 0 spiro atoms. The van der Waals surface area contributed by atoms with Gasteiger partial charge in [-0.15, -0.1) is 6.58 Å². The molecule has 0 saturated heterocycles. The van der Waals surface area contributed by atoms with Crippen LogP contribution in [-0.4, -0.2) is 14.4 Å². The fourth-order valence-electron chi connectivity index (χ4n) is 4.54. The van der Waals surface area contributed by atoms with Crippen LogP contribution in [0, 0.1) is 0 Å². The molecule has 3 rings (SSSR count). The summed E-state index contributed by atoms with van der Waals surface area (Å²) in [4.78, 5) is 0. The lowest BCUT2D eigenvalue weighted by molar-refractivity contribution is 0.221. The molecule has 0 amide bonds. The van der Waals surface area contributed by atoms with Crippen LogP contribution < -0.4 is 10.4 Å². The van der Waals surface area contributed by atoms with Gasteiger partial charge in [0.15, 0.2) is 0 Å². The van der Waals surface area contributed by atoms with E-state index in [1.807, 2.05) is 0 Å². The number of allylic oxidation sites excluding steroid dienone is 1. The van der Waals surface area contributed by atoms with Crippen LogP contribution in [0.25, 0.3) is 0 Å². The van der Waals surface area contributed by atoms with E-state index in [1.165, 1.54) is 21.5 Å². The van der Waals surface area contributed by atoms with E-state index in [0.717, 1.165) is 18.4 Å². The maximum atomic E-state index is 7.45. The second-order valence-electron chi connectivity index (χ2n) is 10.1. The Morgan fingerprint density at radius 3 is 1.70 bits per heavy atom. The highest BCUT2D eigenvalue weighted by Gasteiger charge is 2.51. The Bertz CT molecular complexity index is 1010. The molecule has 0 saturated carbocycles. The molecular weight excluding hydrogens is 416 g/mol. The van der Waals surface area contributed by atoms with Gasteiger partial charge in [-0.2, -0.15) is 0 Å². The van der Waals surface area contributed by atoms with E-state index in [1.54, 1.807) is 0 Å². The summed E-state index contributed by atoms with van der Waals surface area (Å²) >= 11 is 0. The summed E-state index contributed by atoms with van der Waals surface area (Å²) in [5.74, 6) is 0. The van der Waals surface area contributed by atoms with E-state index < -0.39 is 8.32 Å². The fraction of sp³-hybridized carbons (Fsp3) is 0.290. The predicted octanol–water partition coefficient (Wildman–Crippen LogP) is 7.09. The summed E-state index contributed by atoms with van der Waals surface area (Å²) in [5.41, 5.74) is 3.73. The van der Waals surface area contributed by atoms with Crippen molar-refractivity contribution in [1.29, 1.82) is 0 Å². The summed E-state index contributed by atoms with van der Waals surface area (Å²) in [6.07, 6.45) is 4.05. The van der Waals surface area contributed by atoms with Crippen molar-refractivity contribution < 1.29 is 4.43 Å². The van der Waals surface area contributed by atoms with Gasteiger partial charge in [-0.3, -0.25) is 0 Å². The zero-order valence-electron chi connectivity index (χ0n) is 20.8. The van der Waals surface area contributed by atoms with Crippen LogP contribution in [0.4, 0.5) is 0 Å². The summed E-state index contributed by atoms with van der Waals surface area (Å²) in [6, 6.07) is 32.4. The normalized spacial score (nSPS) is 13.5. The molecule has 0 radical (unpaired) electrons. The van der Waals surface area contributed by atoms with Gasteiger partial charge < -0.3 is 4.43 Å². The molecule has 0 aromatic heterocycles. The maximum absolute atomic E-state index is 7.45. The minimum atomic E-state index is -2.63. The smallest absolute Gasteiger partial charge is 0.261 e. The molecule has 0 bridgehead atoms. The molecule has 2 heteroatoms. The third-order valence-corrected chi connectivity index (χ3v) is 11.3. The Kier molecular flexibility index (Phi) is 8.28. The lowest BCUT2D eigenvalue weighted by Crippen LogP contribution is -2.67. The molecule has 3 aromatic carbocycles. The molecule has 0 aliphatic carbocycles. The number of hydrogen-bond donors (Lipinski definition) is 0. The minimum Gasteiger partial charge on any atom is -0.400 e. The zero-order valence-corrected chi connectivity index (χ0v) is 21.8. The van der Waals surface area contributed by atoms with Crippen LogP contribution in [-0.2, 0) is 10.8 Å². The predicted molar refractivity (Wildman–Crippen MR) is 146 cm³/mol. The van der Waals surface area contributed by atoms with Crippen LogP contribution in [0.15, 0.2) is 115 Å². The van der Waals surface area contributed by atoms with E-state index >= 15 is 0 Å². The highest BCUT2D eigenvalue weighted by atomic mass is 28.4. The number of hydrogen-bond acceptors (Lipinski definition) is 1. The van der Waals surface area contributed by atoms with Gasteiger partial charge in [-0.05, 0) is 53.2 Å². The summed E-state index contributed by atoms with van der Waals surface area (Å²) in [6.45, 7) is 15.6. The van der Waals surface area contributed by atoms with Crippen molar-refractivity contribution >= 4 is 18.7 Å². The molecule has 0 aliphatic rings. The van der Waals surface area contributed by atoms with Gasteiger partial charge in [0.25, 0.3) is 8.32 Å². The molecule has 33 heavy (non-hydrogen) atoms. The minimum absolute atomic E-state index is 0.0162. The highest BCUT2D eigenvalue weighted by molar-refractivity contribution is 6.99. The first kappa shape index (κ1) is 24.9. The average molecular weight is 455 g/mol. The topological polar surface area (TPSA) is 9.23 Å². The first-order valence-electron chi connectivity index (χ1n) is 11.9. The third-order valence-electron chi connectivity index (χ3n) is 6.28. The van der Waals surface area contributed by atoms with Crippen LogP contribution in [0.5, 0.6) is 0 Å². The maximum Gasteiger partial charge on any atom is 0.261 e. The molecule has 0 heterocycles. The van der Waals surface area contributed by atoms with Crippen LogP contribution >= 0.6 is 0 Å². The first-order valence-corrected chi connectivity index (χ1v) is 13.8. The highest BCUT2D eigenvalue weighted by Crippen LogP contribution is 2.39. The van der Waals surface area contributed by atoms with Crippen molar-refractivity contribution in [2.24, 2.45) is 0 Å². The number of rotatable bonds is 9. The molecule has 1 atom stereocenters. The van der Waals surface area contributed by atoms with Gasteiger partial charge in [0.1, 0.15) is 0 Å². The number of benzene rings is 3. The molecule has 1 unspecified atom stereocenters. The van der Waals surface area contributed by atoms with E-state index in [2.05, 4.69) is 138 Å². The van der Waals surface area contributed by atoms with Gasteiger partial charge in [-0.1, -0.05) is 123 Å². The van der Waals surface area contributed by atoms with Crippen molar-refractivity contribution in [1.82, 2.24) is 0 Å². The third kappa shape index (κ3) is 6.01. The van der Waals surface area contributed by atoms with Gasteiger partial charge >= 0.3 is 0 Å².